The molecular weight excluding hydrogens is 316 g/mol. The van der Waals surface area contributed by atoms with Crippen LogP contribution in [0.3, 0.4) is 0 Å². The Morgan fingerprint density at radius 2 is 1.88 bits per heavy atom. The van der Waals surface area contributed by atoms with E-state index in [4.69, 9.17) is 4.74 Å². The molecule has 2 aliphatic rings. The van der Waals surface area contributed by atoms with Crippen LogP contribution in [-0.4, -0.2) is 18.0 Å². The van der Waals surface area contributed by atoms with Gasteiger partial charge in [0.05, 0.1) is 5.97 Å². The van der Waals surface area contributed by atoms with E-state index in [-0.39, 0.29) is 11.3 Å². The summed E-state index contributed by atoms with van der Waals surface area (Å²) in [5.74, 6) is -0.308. The highest BCUT2D eigenvalue weighted by Crippen LogP contribution is 2.63. The number of ether oxygens (including phenoxy) is 1. The van der Waals surface area contributed by atoms with Crippen molar-refractivity contribution >= 4 is 12.4 Å². The van der Waals surface area contributed by atoms with Gasteiger partial charge in [0.1, 0.15) is 5.60 Å². The molecule has 0 N–H and O–H groups in total. The summed E-state index contributed by atoms with van der Waals surface area (Å²) in [4.78, 5) is 22.0. The molecule has 25 heavy (non-hydrogen) atoms. The second-order valence-electron chi connectivity index (χ2n) is 9.37. The van der Waals surface area contributed by atoms with Gasteiger partial charge < -0.3 is 14.6 Å². The molecule has 0 aromatic heterocycles. The van der Waals surface area contributed by atoms with E-state index in [1.165, 1.54) is 18.9 Å². The average molecular weight is 349 g/mol. The third kappa shape index (κ3) is 3.93. The number of carboxylic acids is 1. The van der Waals surface area contributed by atoms with E-state index in [2.05, 4.69) is 27.7 Å². The number of aliphatic carboxylic acids is 1. The Morgan fingerprint density at radius 1 is 1.20 bits per heavy atom. The minimum Gasteiger partial charge on any atom is -0.545 e. The first-order chi connectivity index (χ1) is 11.5. The van der Waals surface area contributed by atoms with Gasteiger partial charge >= 0.3 is 0 Å². The highest BCUT2D eigenvalue weighted by molar-refractivity contribution is 5.78. The first-order valence-corrected chi connectivity index (χ1v) is 9.55. The van der Waals surface area contributed by atoms with Crippen LogP contribution >= 0.6 is 0 Å². The lowest BCUT2D eigenvalue weighted by molar-refractivity contribution is -0.297. The van der Waals surface area contributed by atoms with Gasteiger partial charge in [0.2, 0.25) is 0 Å². The van der Waals surface area contributed by atoms with Crippen molar-refractivity contribution in [2.75, 3.05) is 0 Å². The van der Waals surface area contributed by atoms with Crippen LogP contribution in [-0.2, 0) is 14.3 Å². The summed E-state index contributed by atoms with van der Waals surface area (Å²) in [5.41, 5.74) is 0.750. The fourth-order valence-electron chi connectivity index (χ4n) is 6.14. The monoisotopic (exact) mass is 349 g/mol. The van der Waals surface area contributed by atoms with Crippen molar-refractivity contribution in [3.8, 4) is 0 Å². The lowest BCUT2D eigenvalue weighted by Crippen LogP contribution is -2.58. The molecule has 4 atom stereocenters. The molecule has 2 saturated carbocycles. The highest BCUT2D eigenvalue weighted by Gasteiger charge is 2.58. The Morgan fingerprint density at radius 3 is 2.48 bits per heavy atom. The fraction of sp³-hybridized carbons (Fsp3) is 0.810. The van der Waals surface area contributed by atoms with E-state index in [1.54, 1.807) is 0 Å². The maximum absolute atomic E-state index is 11.2. The molecule has 0 unspecified atom stereocenters. The smallest absolute Gasteiger partial charge is 0.293 e. The van der Waals surface area contributed by atoms with Crippen LogP contribution < -0.4 is 5.11 Å². The lowest BCUT2D eigenvalue weighted by Gasteiger charge is -2.61. The molecule has 0 aliphatic heterocycles. The summed E-state index contributed by atoms with van der Waals surface area (Å²) in [6.45, 7) is 11.6. The van der Waals surface area contributed by atoms with Crippen molar-refractivity contribution in [2.45, 2.75) is 85.2 Å². The summed E-state index contributed by atoms with van der Waals surface area (Å²) >= 11 is 0. The number of rotatable bonds is 6. The zero-order valence-electron chi connectivity index (χ0n) is 16.4. The molecule has 2 aliphatic carbocycles. The van der Waals surface area contributed by atoms with Crippen LogP contribution in [0.25, 0.3) is 0 Å². The number of carboxylic acid groups (broad SMARTS) is 1. The second kappa shape index (κ2) is 7.13. The number of allylic oxidation sites excluding steroid dienone is 1. The van der Waals surface area contributed by atoms with E-state index in [1.807, 2.05) is 6.92 Å². The second-order valence-corrected chi connectivity index (χ2v) is 9.37. The van der Waals surface area contributed by atoms with Crippen molar-refractivity contribution in [3.05, 3.63) is 11.6 Å². The van der Waals surface area contributed by atoms with Gasteiger partial charge in [-0.2, -0.15) is 0 Å². The standard InChI is InChI=1S/C21H34O4/c1-15(13-18(23)24)7-8-17-20(4)11-6-10-19(2,3)16(20)9-12-21(17,5)25-14-22/h13-14,16-17H,6-12H2,1-5H3,(H,23,24)/p-1/b15-13+/t16-,17-,20+,21-/m1/s1. The molecule has 4 nitrogen and oxygen atoms in total. The number of hydrogen-bond acceptors (Lipinski definition) is 4. The largest absolute Gasteiger partial charge is 0.545 e. The summed E-state index contributed by atoms with van der Waals surface area (Å²) in [6, 6.07) is 0. The van der Waals surface area contributed by atoms with Crippen molar-refractivity contribution in [1.82, 2.24) is 0 Å². The van der Waals surface area contributed by atoms with E-state index in [9.17, 15) is 14.7 Å². The van der Waals surface area contributed by atoms with Gasteiger partial charge in [0, 0.05) is 5.92 Å². The predicted molar refractivity (Wildman–Crippen MR) is 95.5 cm³/mol. The Labute approximate surface area is 152 Å². The van der Waals surface area contributed by atoms with Gasteiger partial charge in [-0.15, -0.1) is 0 Å². The van der Waals surface area contributed by atoms with Crippen LogP contribution in [0.1, 0.15) is 79.6 Å². The molecule has 2 fully saturated rings. The third-order valence-electron chi connectivity index (χ3n) is 7.25. The molecule has 0 amide bonds. The van der Waals surface area contributed by atoms with Crippen molar-refractivity contribution in [1.29, 1.82) is 0 Å². The van der Waals surface area contributed by atoms with Crippen LogP contribution in [0.2, 0.25) is 0 Å². The van der Waals surface area contributed by atoms with Crippen molar-refractivity contribution in [3.63, 3.8) is 0 Å². The molecule has 0 heterocycles. The van der Waals surface area contributed by atoms with Gasteiger partial charge in [0.25, 0.3) is 6.47 Å². The lowest BCUT2D eigenvalue weighted by atomic mass is 9.45. The van der Waals surface area contributed by atoms with Crippen LogP contribution in [0.15, 0.2) is 11.6 Å². The molecule has 0 bridgehead atoms. The highest BCUT2D eigenvalue weighted by atomic mass is 16.5. The number of fused-ring (bicyclic) bond motifs is 1. The number of carbonyl (C=O) groups excluding carboxylic acids is 2. The number of carbonyl (C=O) groups is 2. The van der Waals surface area contributed by atoms with Gasteiger partial charge in [-0.25, -0.2) is 0 Å². The van der Waals surface area contributed by atoms with E-state index in [0.29, 0.717) is 24.2 Å². The van der Waals surface area contributed by atoms with E-state index in [0.717, 1.165) is 31.3 Å². The first kappa shape index (κ1) is 20.0. The van der Waals surface area contributed by atoms with Crippen LogP contribution in [0, 0.1) is 22.7 Å². The molecule has 0 radical (unpaired) electrons. The summed E-state index contributed by atoms with van der Waals surface area (Å²) < 4.78 is 5.65. The molecule has 2 rings (SSSR count). The molecule has 0 saturated heterocycles. The van der Waals surface area contributed by atoms with Crippen molar-refractivity contribution < 1.29 is 19.4 Å². The predicted octanol–water partition coefficient (Wildman–Crippen LogP) is 3.64. The summed E-state index contributed by atoms with van der Waals surface area (Å²) in [5, 5.41) is 10.8. The Hall–Kier alpha value is -1.32. The molecule has 142 valence electrons. The first-order valence-electron chi connectivity index (χ1n) is 9.55. The molecule has 4 heteroatoms. The van der Waals surface area contributed by atoms with Crippen LogP contribution in [0.5, 0.6) is 0 Å². The summed E-state index contributed by atoms with van der Waals surface area (Å²) in [6.07, 6.45) is 8.26. The van der Waals surface area contributed by atoms with Gasteiger partial charge in [0.15, 0.2) is 0 Å². The van der Waals surface area contributed by atoms with Gasteiger partial charge in [-0.3, -0.25) is 4.79 Å². The molecule has 0 aromatic carbocycles. The van der Waals surface area contributed by atoms with E-state index >= 15 is 0 Å². The Kier molecular flexibility index (Phi) is 5.70. The average Bonchev–Trinajstić information content (AvgIpc) is 2.44. The maximum atomic E-state index is 11.2. The minimum absolute atomic E-state index is 0.111. The molecule has 0 aromatic rings. The molecule has 0 spiro atoms. The normalized spacial score (nSPS) is 37.9. The van der Waals surface area contributed by atoms with Gasteiger partial charge in [-0.05, 0) is 75.2 Å². The zero-order valence-corrected chi connectivity index (χ0v) is 16.4. The molecular formula is C21H33O4-. The summed E-state index contributed by atoms with van der Waals surface area (Å²) in [7, 11) is 0. The van der Waals surface area contributed by atoms with Crippen molar-refractivity contribution in [2.24, 2.45) is 22.7 Å². The van der Waals surface area contributed by atoms with Crippen LogP contribution in [0.4, 0.5) is 0 Å². The topological polar surface area (TPSA) is 66.4 Å². The fourth-order valence-corrected chi connectivity index (χ4v) is 6.14. The minimum atomic E-state index is -1.14. The Bertz CT molecular complexity index is 550. The Balaban J connectivity index is 2.32. The SMILES string of the molecule is C/C(=C\C(=O)[O-])CC[C@@H]1[C@@]2(C)CCCC(C)(C)[C@H]2CC[C@@]1(C)OC=O. The number of hydrogen-bond donors (Lipinski definition) is 0. The third-order valence-corrected chi connectivity index (χ3v) is 7.25. The maximum Gasteiger partial charge on any atom is 0.293 e. The quantitative estimate of drug-likeness (QED) is 0.542. The zero-order chi connectivity index (χ0) is 18.9. The van der Waals surface area contributed by atoms with Gasteiger partial charge in [-0.1, -0.05) is 32.8 Å². The van der Waals surface area contributed by atoms with E-state index < -0.39 is 11.6 Å².